The van der Waals surface area contributed by atoms with Gasteiger partial charge in [-0.25, -0.2) is 0 Å². The third kappa shape index (κ3) is 5.51. The summed E-state index contributed by atoms with van der Waals surface area (Å²) in [4.78, 5) is 33.1. The van der Waals surface area contributed by atoms with Crippen LogP contribution in [0, 0.1) is 0 Å². The van der Waals surface area contributed by atoms with Crippen molar-refractivity contribution in [2.45, 2.75) is 19.5 Å². The third-order valence-corrected chi connectivity index (χ3v) is 7.46. The molecule has 4 aromatic rings. The summed E-state index contributed by atoms with van der Waals surface area (Å²) in [5.41, 5.74) is 6.00. The Morgan fingerprint density at radius 2 is 1.55 bits per heavy atom. The van der Waals surface area contributed by atoms with E-state index in [1.165, 1.54) is 0 Å². The van der Waals surface area contributed by atoms with Gasteiger partial charge in [-0.2, -0.15) is 0 Å². The van der Waals surface area contributed by atoms with Crippen LogP contribution in [0.3, 0.4) is 0 Å². The van der Waals surface area contributed by atoms with Gasteiger partial charge in [0.25, 0.3) is 11.8 Å². The van der Waals surface area contributed by atoms with Crippen LogP contribution in [-0.2, 0) is 13.1 Å². The molecule has 0 saturated carbocycles. The highest BCUT2D eigenvalue weighted by molar-refractivity contribution is 6.07. The second-order valence-corrected chi connectivity index (χ2v) is 10.5. The number of para-hydroxylation sites is 2. The van der Waals surface area contributed by atoms with Crippen LogP contribution in [-0.4, -0.2) is 67.5 Å². The minimum Gasteiger partial charge on any atom is -0.496 e. The third-order valence-electron chi connectivity index (χ3n) is 7.46. The van der Waals surface area contributed by atoms with Crippen molar-refractivity contribution in [3.05, 3.63) is 107 Å². The highest BCUT2D eigenvalue weighted by Gasteiger charge is 2.28. The van der Waals surface area contributed by atoms with Crippen molar-refractivity contribution in [1.29, 1.82) is 0 Å². The summed E-state index contributed by atoms with van der Waals surface area (Å²) in [5, 5.41) is 0. The van der Waals surface area contributed by atoms with E-state index in [0.29, 0.717) is 30.9 Å². The van der Waals surface area contributed by atoms with Gasteiger partial charge in [0, 0.05) is 36.1 Å². The van der Waals surface area contributed by atoms with E-state index in [-0.39, 0.29) is 11.8 Å². The summed E-state index contributed by atoms with van der Waals surface area (Å²) in [6.07, 6.45) is 0.907. The van der Waals surface area contributed by atoms with Gasteiger partial charge in [0.1, 0.15) is 11.4 Å². The number of hydrogen-bond acceptors (Lipinski definition) is 4. The standard InChI is InChI=1S/C33H36N4O3/c1-34(2)20-9-21-35(3)33(39)30-19-18-27-23-37(29-12-7-5-10-26(29)22-36(27)30)32(38)25-16-14-24(15-17-25)28-11-6-8-13-31(28)40-4/h5-8,10-19H,9,20-23H2,1-4H3. The van der Waals surface area contributed by atoms with Crippen molar-refractivity contribution in [3.63, 3.8) is 0 Å². The van der Waals surface area contributed by atoms with E-state index in [2.05, 4.69) is 9.47 Å². The first-order valence-corrected chi connectivity index (χ1v) is 13.6. The first kappa shape index (κ1) is 27.2. The highest BCUT2D eigenvalue weighted by atomic mass is 16.5. The fourth-order valence-corrected chi connectivity index (χ4v) is 5.28. The van der Waals surface area contributed by atoms with E-state index in [0.717, 1.165) is 46.8 Å². The first-order chi connectivity index (χ1) is 19.4. The van der Waals surface area contributed by atoms with Gasteiger partial charge < -0.3 is 24.0 Å². The zero-order valence-corrected chi connectivity index (χ0v) is 23.6. The van der Waals surface area contributed by atoms with Crippen LogP contribution in [0.25, 0.3) is 11.1 Å². The minimum absolute atomic E-state index is 0.00538. The maximum absolute atomic E-state index is 13.9. The molecule has 0 spiro atoms. The Kier molecular flexibility index (Phi) is 8.03. The van der Waals surface area contributed by atoms with Crippen LogP contribution in [0.15, 0.2) is 84.9 Å². The molecule has 206 valence electrons. The predicted octanol–water partition coefficient (Wildman–Crippen LogP) is 5.40. The molecule has 1 aliphatic rings. The van der Waals surface area contributed by atoms with Gasteiger partial charge in [-0.15, -0.1) is 0 Å². The lowest BCUT2D eigenvalue weighted by Crippen LogP contribution is -2.32. The summed E-state index contributed by atoms with van der Waals surface area (Å²) < 4.78 is 7.57. The van der Waals surface area contributed by atoms with E-state index < -0.39 is 0 Å². The number of benzene rings is 3. The molecule has 5 rings (SSSR count). The van der Waals surface area contributed by atoms with E-state index >= 15 is 0 Å². The lowest BCUT2D eigenvalue weighted by molar-refractivity contribution is 0.0780. The van der Waals surface area contributed by atoms with Crippen molar-refractivity contribution in [2.75, 3.05) is 46.2 Å². The first-order valence-electron chi connectivity index (χ1n) is 13.6. The maximum Gasteiger partial charge on any atom is 0.270 e. The lowest BCUT2D eigenvalue weighted by atomic mass is 10.0. The Morgan fingerprint density at radius 3 is 2.30 bits per heavy atom. The Hall–Kier alpha value is -4.36. The fraction of sp³-hybridized carbons (Fsp3) is 0.273. The quantitative estimate of drug-likeness (QED) is 0.303. The van der Waals surface area contributed by atoms with Crippen LogP contribution in [0.4, 0.5) is 5.69 Å². The second kappa shape index (κ2) is 11.8. The van der Waals surface area contributed by atoms with Crippen molar-refractivity contribution >= 4 is 17.5 Å². The number of rotatable bonds is 8. The molecule has 0 fully saturated rings. The molecular formula is C33H36N4O3. The Labute approximate surface area is 236 Å². The largest absolute Gasteiger partial charge is 0.496 e. The zero-order valence-electron chi connectivity index (χ0n) is 23.6. The average molecular weight is 537 g/mol. The molecule has 0 atom stereocenters. The molecule has 0 saturated heterocycles. The molecule has 1 aromatic heterocycles. The number of aromatic nitrogens is 1. The van der Waals surface area contributed by atoms with Crippen LogP contribution in [0.1, 0.15) is 38.5 Å². The summed E-state index contributed by atoms with van der Waals surface area (Å²) in [6.45, 7) is 2.52. The zero-order chi connectivity index (χ0) is 28.2. The molecule has 1 aliphatic heterocycles. The molecular weight excluding hydrogens is 500 g/mol. The molecule has 0 radical (unpaired) electrons. The SMILES string of the molecule is COc1ccccc1-c1ccc(C(=O)N2Cc3ccc(C(=O)N(C)CCCN(C)C)n3Cc3ccccc32)cc1. The summed E-state index contributed by atoms with van der Waals surface area (Å²) in [6, 6.07) is 27.3. The van der Waals surface area contributed by atoms with Gasteiger partial charge in [0.15, 0.2) is 0 Å². The smallest absolute Gasteiger partial charge is 0.270 e. The average Bonchev–Trinajstić information content (AvgIpc) is 3.28. The van der Waals surface area contributed by atoms with E-state index in [1.807, 2.05) is 111 Å². The summed E-state index contributed by atoms with van der Waals surface area (Å²) >= 11 is 0. The number of methoxy groups -OCH3 is 1. The van der Waals surface area contributed by atoms with Gasteiger partial charge in [0.2, 0.25) is 0 Å². The molecule has 0 aliphatic carbocycles. The van der Waals surface area contributed by atoms with Gasteiger partial charge in [-0.05, 0) is 74.6 Å². The number of ether oxygens (including phenoxy) is 1. The van der Waals surface area contributed by atoms with Crippen LogP contribution >= 0.6 is 0 Å². The maximum atomic E-state index is 13.9. The molecule has 7 nitrogen and oxygen atoms in total. The molecule has 0 bridgehead atoms. The highest BCUT2D eigenvalue weighted by Crippen LogP contribution is 2.32. The summed E-state index contributed by atoms with van der Waals surface area (Å²) in [7, 11) is 7.58. The molecule has 0 N–H and O–H groups in total. The number of carbonyl (C=O) groups is 2. The van der Waals surface area contributed by atoms with Crippen molar-refractivity contribution in [3.8, 4) is 16.9 Å². The van der Waals surface area contributed by atoms with Crippen molar-refractivity contribution in [2.24, 2.45) is 0 Å². The van der Waals surface area contributed by atoms with Crippen LogP contribution in [0.5, 0.6) is 5.75 Å². The van der Waals surface area contributed by atoms with E-state index in [1.54, 1.807) is 12.0 Å². The van der Waals surface area contributed by atoms with E-state index in [4.69, 9.17) is 4.74 Å². The number of anilines is 1. The van der Waals surface area contributed by atoms with Gasteiger partial charge in [-0.1, -0.05) is 48.5 Å². The molecule has 7 heteroatoms. The Morgan fingerprint density at radius 1 is 0.825 bits per heavy atom. The predicted molar refractivity (Wildman–Crippen MR) is 159 cm³/mol. The molecule has 40 heavy (non-hydrogen) atoms. The molecule has 2 amide bonds. The molecule has 2 heterocycles. The minimum atomic E-state index is -0.0812. The van der Waals surface area contributed by atoms with Gasteiger partial charge in [0.05, 0.1) is 20.2 Å². The number of nitrogens with zero attached hydrogens (tertiary/aromatic N) is 4. The van der Waals surface area contributed by atoms with Crippen molar-refractivity contribution in [1.82, 2.24) is 14.4 Å². The molecule has 3 aromatic carbocycles. The summed E-state index contributed by atoms with van der Waals surface area (Å²) in [5.74, 6) is 0.703. The molecule has 0 unspecified atom stereocenters. The number of carbonyl (C=O) groups excluding carboxylic acids is 2. The Balaban J connectivity index is 1.42. The normalized spacial score (nSPS) is 12.5. The number of fused-ring (bicyclic) bond motifs is 2. The van der Waals surface area contributed by atoms with Crippen LogP contribution in [0.2, 0.25) is 0 Å². The van der Waals surface area contributed by atoms with Crippen LogP contribution < -0.4 is 9.64 Å². The van der Waals surface area contributed by atoms with E-state index in [9.17, 15) is 9.59 Å². The lowest BCUT2D eigenvalue weighted by Gasteiger charge is -2.23. The van der Waals surface area contributed by atoms with Crippen molar-refractivity contribution < 1.29 is 14.3 Å². The number of amides is 2. The van der Waals surface area contributed by atoms with Gasteiger partial charge >= 0.3 is 0 Å². The monoisotopic (exact) mass is 536 g/mol. The topological polar surface area (TPSA) is 58.0 Å². The number of hydrogen-bond donors (Lipinski definition) is 0. The Bertz CT molecular complexity index is 1510. The fourth-order valence-electron chi connectivity index (χ4n) is 5.28. The second-order valence-electron chi connectivity index (χ2n) is 10.5. The van der Waals surface area contributed by atoms with Gasteiger partial charge in [-0.3, -0.25) is 9.59 Å².